The lowest BCUT2D eigenvalue weighted by atomic mass is 9.95. The van der Waals surface area contributed by atoms with Gasteiger partial charge < -0.3 is 0 Å². The zero-order chi connectivity index (χ0) is 15.2. The zero-order valence-corrected chi connectivity index (χ0v) is 13.5. The molecule has 0 saturated carbocycles. The van der Waals surface area contributed by atoms with Gasteiger partial charge in [0.15, 0.2) is 5.78 Å². The lowest BCUT2D eigenvalue weighted by molar-refractivity contribution is 0.103. The number of hydrogen-bond donors (Lipinski definition) is 0. The predicted molar refractivity (Wildman–Crippen MR) is 91.9 cm³/mol. The van der Waals surface area contributed by atoms with Gasteiger partial charge in [0.2, 0.25) is 0 Å². The molecule has 1 nitrogen and oxygen atoms in total. The SMILES string of the molecule is CC=CCC(C(=O)c1ccccc1)=C(C)c1ccc(C)s1. The minimum absolute atomic E-state index is 0.122. The summed E-state index contributed by atoms with van der Waals surface area (Å²) in [6.07, 6.45) is 4.71. The van der Waals surface area contributed by atoms with Crippen LogP contribution in [0.4, 0.5) is 0 Å². The topological polar surface area (TPSA) is 17.1 Å². The van der Waals surface area contributed by atoms with E-state index in [-0.39, 0.29) is 5.78 Å². The fraction of sp³-hybridized carbons (Fsp3) is 0.211. The van der Waals surface area contributed by atoms with Crippen molar-refractivity contribution in [3.05, 3.63) is 75.5 Å². The number of rotatable bonds is 5. The van der Waals surface area contributed by atoms with Crippen molar-refractivity contribution in [2.24, 2.45) is 0 Å². The van der Waals surface area contributed by atoms with Crippen molar-refractivity contribution in [2.45, 2.75) is 27.2 Å². The molecule has 0 amide bonds. The van der Waals surface area contributed by atoms with E-state index in [1.165, 1.54) is 9.75 Å². The van der Waals surface area contributed by atoms with Crippen LogP contribution in [0.15, 0.2) is 60.2 Å². The molecule has 21 heavy (non-hydrogen) atoms. The molecule has 0 N–H and O–H groups in total. The Labute approximate surface area is 130 Å². The van der Waals surface area contributed by atoms with Crippen LogP contribution in [0.5, 0.6) is 0 Å². The number of benzene rings is 1. The van der Waals surface area contributed by atoms with Crippen LogP contribution >= 0.6 is 11.3 Å². The summed E-state index contributed by atoms with van der Waals surface area (Å²) in [5.74, 6) is 0.122. The monoisotopic (exact) mass is 296 g/mol. The predicted octanol–water partition coefficient (Wildman–Crippen LogP) is 5.68. The molecule has 0 radical (unpaired) electrons. The van der Waals surface area contributed by atoms with Crippen LogP contribution in [0.2, 0.25) is 0 Å². The largest absolute Gasteiger partial charge is 0.289 e. The first-order valence-corrected chi connectivity index (χ1v) is 7.92. The van der Waals surface area contributed by atoms with Crippen molar-refractivity contribution < 1.29 is 4.79 Å². The molecule has 0 saturated heterocycles. The second kappa shape index (κ2) is 7.19. The number of hydrogen-bond acceptors (Lipinski definition) is 2. The molecule has 0 aliphatic rings. The summed E-state index contributed by atoms with van der Waals surface area (Å²) in [4.78, 5) is 15.2. The quantitative estimate of drug-likeness (QED) is 0.394. The van der Waals surface area contributed by atoms with E-state index in [1.807, 2.05) is 56.3 Å². The molecule has 0 spiro atoms. The normalized spacial score (nSPS) is 12.5. The maximum absolute atomic E-state index is 12.8. The van der Waals surface area contributed by atoms with Gasteiger partial charge in [-0.3, -0.25) is 4.79 Å². The molecule has 0 unspecified atom stereocenters. The van der Waals surface area contributed by atoms with E-state index >= 15 is 0 Å². The van der Waals surface area contributed by atoms with Gasteiger partial charge in [-0.15, -0.1) is 11.3 Å². The average molecular weight is 296 g/mol. The summed E-state index contributed by atoms with van der Waals surface area (Å²) in [7, 11) is 0. The molecule has 2 aromatic rings. The zero-order valence-electron chi connectivity index (χ0n) is 12.7. The van der Waals surface area contributed by atoms with E-state index in [9.17, 15) is 4.79 Å². The van der Waals surface area contributed by atoms with E-state index in [1.54, 1.807) is 11.3 Å². The van der Waals surface area contributed by atoms with Gasteiger partial charge in [0, 0.05) is 20.9 Å². The third-order valence-corrected chi connectivity index (χ3v) is 4.55. The van der Waals surface area contributed by atoms with E-state index in [4.69, 9.17) is 0 Å². The number of thiophene rings is 1. The summed E-state index contributed by atoms with van der Waals surface area (Å²) in [6.45, 7) is 6.12. The first-order chi connectivity index (χ1) is 10.1. The number of carbonyl (C=O) groups is 1. The van der Waals surface area contributed by atoms with E-state index in [0.29, 0.717) is 6.42 Å². The summed E-state index contributed by atoms with van der Waals surface area (Å²) in [5, 5.41) is 0. The fourth-order valence-electron chi connectivity index (χ4n) is 2.20. The molecule has 0 atom stereocenters. The van der Waals surface area contributed by atoms with Crippen LogP contribution < -0.4 is 0 Å². The van der Waals surface area contributed by atoms with Crippen LogP contribution in [-0.2, 0) is 0 Å². The van der Waals surface area contributed by atoms with Crippen LogP contribution in [0.1, 0.15) is 40.4 Å². The molecule has 1 aromatic carbocycles. The summed E-state index contributed by atoms with van der Waals surface area (Å²) in [6, 6.07) is 13.7. The minimum atomic E-state index is 0.122. The second-order valence-electron chi connectivity index (χ2n) is 4.98. The number of allylic oxidation sites excluding steroid dienone is 4. The maximum atomic E-state index is 12.8. The van der Waals surface area contributed by atoms with Gasteiger partial charge >= 0.3 is 0 Å². The van der Waals surface area contributed by atoms with E-state index < -0.39 is 0 Å². The molecule has 0 aliphatic heterocycles. The lowest BCUT2D eigenvalue weighted by Crippen LogP contribution is -2.04. The van der Waals surface area contributed by atoms with Crippen molar-refractivity contribution in [3.8, 4) is 0 Å². The maximum Gasteiger partial charge on any atom is 0.189 e. The van der Waals surface area contributed by atoms with Gasteiger partial charge in [-0.05, 0) is 44.9 Å². The van der Waals surface area contributed by atoms with Crippen LogP contribution in [0.25, 0.3) is 5.57 Å². The van der Waals surface area contributed by atoms with Crippen molar-refractivity contribution in [1.29, 1.82) is 0 Å². The molecular weight excluding hydrogens is 276 g/mol. The van der Waals surface area contributed by atoms with Gasteiger partial charge in [0.05, 0.1) is 0 Å². The van der Waals surface area contributed by atoms with Gasteiger partial charge in [-0.2, -0.15) is 0 Å². The minimum Gasteiger partial charge on any atom is -0.289 e. The molecule has 0 fully saturated rings. The molecule has 108 valence electrons. The molecule has 1 heterocycles. The third-order valence-electron chi connectivity index (χ3n) is 3.43. The standard InChI is InChI=1S/C19H20OS/c1-4-5-11-17(15(3)18-13-12-14(2)21-18)19(20)16-9-7-6-8-10-16/h4-10,12-13H,11H2,1-3H3. The Morgan fingerprint density at radius 3 is 2.43 bits per heavy atom. The Morgan fingerprint density at radius 2 is 1.86 bits per heavy atom. The molecule has 0 aliphatic carbocycles. The van der Waals surface area contributed by atoms with Crippen molar-refractivity contribution in [2.75, 3.05) is 0 Å². The van der Waals surface area contributed by atoms with Gasteiger partial charge in [0.1, 0.15) is 0 Å². The van der Waals surface area contributed by atoms with Crippen molar-refractivity contribution in [3.63, 3.8) is 0 Å². The number of carbonyl (C=O) groups excluding carboxylic acids is 1. The number of Topliss-reactive ketones (excluding diaryl/α,β-unsaturated/α-hetero) is 1. The summed E-state index contributed by atoms with van der Waals surface area (Å²) >= 11 is 1.74. The Bertz CT molecular complexity index is 675. The summed E-state index contributed by atoms with van der Waals surface area (Å²) < 4.78 is 0. The van der Waals surface area contributed by atoms with Gasteiger partial charge in [-0.25, -0.2) is 0 Å². The highest BCUT2D eigenvalue weighted by atomic mass is 32.1. The molecule has 1 aromatic heterocycles. The van der Waals surface area contributed by atoms with E-state index in [0.717, 1.165) is 16.7 Å². The Hall–Kier alpha value is -1.93. The van der Waals surface area contributed by atoms with Crippen LogP contribution in [0.3, 0.4) is 0 Å². The van der Waals surface area contributed by atoms with Crippen LogP contribution in [-0.4, -0.2) is 5.78 Å². The van der Waals surface area contributed by atoms with Crippen molar-refractivity contribution >= 4 is 22.7 Å². The summed E-state index contributed by atoms with van der Waals surface area (Å²) in [5.41, 5.74) is 2.71. The smallest absolute Gasteiger partial charge is 0.189 e. The van der Waals surface area contributed by atoms with Gasteiger partial charge in [0.25, 0.3) is 0 Å². The molecular formula is C19H20OS. The highest BCUT2D eigenvalue weighted by molar-refractivity contribution is 7.13. The lowest BCUT2D eigenvalue weighted by Gasteiger charge is -2.09. The highest BCUT2D eigenvalue weighted by Crippen LogP contribution is 2.29. The van der Waals surface area contributed by atoms with Crippen LogP contribution in [0, 0.1) is 6.92 Å². The number of aryl methyl sites for hydroxylation is 1. The van der Waals surface area contributed by atoms with E-state index in [2.05, 4.69) is 19.1 Å². The van der Waals surface area contributed by atoms with Crippen molar-refractivity contribution in [1.82, 2.24) is 0 Å². The fourth-order valence-corrected chi connectivity index (χ4v) is 3.10. The molecule has 2 heteroatoms. The first kappa shape index (κ1) is 15.5. The Morgan fingerprint density at radius 1 is 1.14 bits per heavy atom. The molecule has 2 rings (SSSR count). The average Bonchev–Trinajstić information content (AvgIpc) is 2.94. The highest BCUT2D eigenvalue weighted by Gasteiger charge is 2.15. The third kappa shape index (κ3) is 3.79. The Kier molecular flexibility index (Phi) is 5.29. The first-order valence-electron chi connectivity index (χ1n) is 7.11. The van der Waals surface area contributed by atoms with Gasteiger partial charge in [-0.1, -0.05) is 42.5 Å². The number of ketones is 1. The molecule has 0 bridgehead atoms. The Balaban J connectivity index is 2.45. The second-order valence-corrected chi connectivity index (χ2v) is 6.27.